The predicted octanol–water partition coefficient (Wildman–Crippen LogP) is 13.7. The zero-order valence-corrected chi connectivity index (χ0v) is 25.4. The number of benzene rings is 9. The molecule has 10 rings (SSSR count). The molecule has 49 heavy (non-hydrogen) atoms. The minimum absolute atomic E-state index is 0.0224. The van der Waals surface area contributed by atoms with E-state index in [-0.39, 0.29) is 72.1 Å². The Morgan fingerprint density at radius 3 is 1.49 bits per heavy atom. The third-order valence-corrected chi connectivity index (χ3v) is 8.68. The average Bonchev–Trinajstić information content (AvgIpc) is 3.72. The maximum absolute atomic E-state index is 9.76. The zero-order chi connectivity index (χ0) is 47.1. The number of rotatable bonds is 4. The highest BCUT2D eigenvalue weighted by atomic mass is 16.3. The number of furan rings is 1. The summed E-state index contributed by atoms with van der Waals surface area (Å²) in [4.78, 5) is 0. The van der Waals surface area contributed by atoms with Gasteiger partial charge in [0.25, 0.3) is 0 Å². The van der Waals surface area contributed by atoms with Gasteiger partial charge in [0, 0.05) is 16.2 Å². The van der Waals surface area contributed by atoms with Crippen LogP contribution in [0.2, 0.25) is 0 Å². The van der Waals surface area contributed by atoms with Gasteiger partial charge < -0.3 is 4.42 Å². The predicted molar refractivity (Wildman–Crippen MR) is 208 cm³/mol. The molecule has 0 radical (unpaired) electrons. The van der Waals surface area contributed by atoms with Gasteiger partial charge in [-0.25, -0.2) is 0 Å². The van der Waals surface area contributed by atoms with E-state index < -0.39 is 102 Å². The topological polar surface area (TPSA) is 13.1 Å². The summed E-state index contributed by atoms with van der Waals surface area (Å²) in [6, 6.07) is 13.1. The fraction of sp³-hybridized carbons (Fsp3) is 0. The van der Waals surface area contributed by atoms with Crippen LogP contribution in [0.15, 0.2) is 186 Å². The molecule has 0 atom stereocenters. The minimum Gasteiger partial charge on any atom is -0.455 e. The van der Waals surface area contributed by atoms with E-state index in [0.717, 1.165) is 0 Å². The van der Waals surface area contributed by atoms with Gasteiger partial charge in [0.15, 0.2) is 0 Å². The third-order valence-electron chi connectivity index (χ3n) is 8.68. The lowest BCUT2D eigenvalue weighted by Gasteiger charge is -2.18. The Hall–Kier alpha value is -6.44. The fourth-order valence-corrected chi connectivity index (χ4v) is 6.45. The van der Waals surface area contributed by atoms with E-state index in [1.165, 1.54) is 0 Å². The first-order chi connectivity index (χ1) is 31.4. The number of hydrogen-bond acceptors (Lipinski definition) is 1. The molecule has 1 nitrogen and oxygen atoms in total. The first kappa shape index (κ1) is 15.6. The lowest BCUT2D eigenvalue weighted by molar-refractivity contribution is 0.672. The average molecular weight is 640 g/mol. The Kier molecular flexibility index (Phi) is 3.54. The van der Waals surface area contributed by atoms with Gasteiger partial charge >= 0.3 is 0 Å². The highest BCUT2D eigenvalue weighted by Gasteiger charge is 2.18. The number of fused-ring (bicyclic) bond motifs is 7. The SMILES string of the molecule is [2H]c1c([2H])c(-c2c([2H])c([2H])c(-c3c4ccccc4c(-c4c([2H])c([2H])c5oc6c7c([2H])c([2H])c([2H])c([2H])c7c([2H])c([2H])c6c5c4[2H])c4ccccc34)c([2H])c2[2H])c([2H])c([2H])c1-c1ccccc1. The lowest BCUT2D eigenvalue weighted by Crippen LogP contribution is -1.91. The molecule has 0 aliphatic carbocycles. The summed E-state index contributed by atoms with van der Waals surface area (Å²) in [5, 5.41) is 0.775. The van der Waals surface area contributed by atoms with Crippen LogP contribution in [0.4, 0.5) is 0 Å². The molecule has 228 valence electrons. The first-order valence-corrected chi connectivity index (χ1v) is 15.5. The smallest absolute Gasteiger partial charge is 0.143 e. The van der Waals surface area contributed by atoms with Crippen LogP contribution >= 0.6 is 0 Å². The molecule has 0 aliphatic rings. The monoisotopic (exact) mass is 639 g/mol. The molecule has 0 amide bonds. The van der Waals surface area contributed by atoms with Crippen LogP contribution in [0.3, 0.4) is 0 Å². The zero-order valence-electron chi connectivity index (χ0n) is 42.4. The molecule has 0 spiro atoms. The second-order valence-electron chi connectivity index (χ2n) is 11.5. The Bertz CT molecular complexity index is 3730. The summed E-state index contributed by atoms with van der Waals surface area (Å²) < 4.78 is 160. The lowest BCUT2D eigenvalue weighted by atomic mass is 9.85. The molecule has 10 aromatic rings. The molecule has 0 unspecified atom stereocenters. The van der Waals surface area contributed by atoms with Crippen LogP contribution in [-0.2, 0) is 0 Å². The van der Waals surface area contributed by atoms with Crippen LogP contribution < -0.4 is 0 Å². The van der Waals surface area contributed by atoms with Crippen molar-refractivity contribution in [1.29, 1.82) is 0 Å². The summed E-state index contributed by atoms with van der Waals surface area (Å²) in [5.41, 5.74) is -0.563. The van der Waals surface area contributed by atoms with E-state index in [1.807, 2.05) is 0 Å². The molecule has 1 heteroatoms. The fourth-order valence-electron chi connectivity index (χ4n) is 6.45. The molecule has 0 N–H and O–H groups in total. The van der Waals surface area contributed by atoms with Gasteiger partial charge in [0.2, 0.25) is 0 Å². The normalized spacial score (nSPS) is 16.5. The van der Waals surface area contributed by atoms with Gasteiger partial charge in [-0.1, -0.05) is 163 Å². The number of hydrogen-bond donors (Lipinski definition) is 0. The molecule has 0 saturated carbocycles. The molecular formula is C48H30O. The summed E-state index contributed by atoms with van der Waals surface area (Å²) >= 11 is 0. The minimum atomic E-state index is -0.608. The molecule has 1 heterocycles. The Labute approximate surface area is 308 Å². The van der Waals surface area contributed by atoms with Crippen LogP contribution in [0.1, 0.15) is 23.3 Å². The van der Waals surface area contributed by atoms with Gasteiger partial charge in [-0.2, -0.15) is 0 Å². The standard InChI is InChI=1S/C48H30O/c1-2-10-31(11-3-1)32-18-20-33(21-19-32)34-22-24-36(25-23-34)46-39-14-6-8-16-41(39)47(42-17-9-7-15-40(42)46)37-27-29-45-44(30-37)43-28-26-35-12-4-5-13-38(35)48(43)49-45/h1-30H/i4D,5D,12D,13D,18D,19D,20D,21D,22D,23D,24D,25D,26D,27D,28D,29D,30D. The Balaban J connectivity index is 1.28. The van der Waals surface area contributed by atoms with Gasteiger partial charge in [0.05, 0.1) is 23.3 Å². The van der Waals surface area contributed by atoms with E-state index >= 15 is 0 Å². The molecule has 0 saturated heterocycles. The Morgan fingerprint density at radius 1 is 0.347 bits per heavy atom. The highest BCUT2D eigenvalue weighted by Crippen LogP contribution is 2.45. The molecule has 9 aromatic carbocycles. The molecule has 0 aliphatic heterocycles. The molecule has 0 bridgehead atoms. The first-order valence-electron chi connectivity index (χ1n) is 24.0. The van der Waals surface area contributed by atoms with E-state index in [9.17, 15) is 9.60 Å². The maximum atomic E-state index is 9.76. The van der Waals surface area contributed by atoms with Crippen molar-refractivity contribution in [3.63, 3.8) is 0 Å². The molecular weight excluding hydrogens is 593 g/mol. The third kappa shape index (κ3) is 4.47. The largest absolute Gasteiger partial charge is 0.455 e. The van der Waals surface area contributed by atoms with Crippen molar-refractivity contribution in [2.75, 3.05) is 0 Å². The van der Waals surface area contributed by atoms with Gasteiger partial charge in [-0.3, -0.25) is 0 Å². The highest BCUT2D eigenvalue weighted by molar-refractivity contribution is 6.22. The van der Waals surface area contributed by atoms with Crippen LogP contribution in [0.25, 0.3) is 98.8 Å². The summed E-state index contributed by atoms with van der Waals surface area (Å²) in [6.07, 6.45) is 0. The maximum Gasteiger partial charge on any atom is 0.143 e. The van der Waals surface area contributed by atoms with Crippen molar-refractivity contribution < 1.29 is 27.7 Å². The molecule has 1 aromatic heterocycles. The van der Waals surface area contributed by atoms with E-state index in [0.29, 0.717) is 27.1 Å². The van der Waals surface area contributed by atoms with E-state index in [2.05, 4.69) is 0 Å². The van der Waals surface area contributed by atoms with E-state index in [1.54, 1.807) is 78.9 Å². The van der Waals surface area contributed by atoms with Crippen molar-refractivity contribution in [2.24, 2.45) is 0 Å². The second-order valence-corrected chi connectivity index (χ2v) is 11.5. The van der Waals surface area contributed by atoms with Crippen molar-refractivity contribution >= 4 is 54.3 Å². The van der Waals surface area contributed by atoms with Crippen molar-refractivity contribution in [3.8, 4) is 44.5 Å². The van der Waals surface area contributed by atoms with Gasteiger partial charge in [0.1, 0.15) is 11.2 Å². The summed E-state index contributed by atoms with van der Waals surface area (Å²) in [6.45, 7) is 0. The quantitative estimate of drug-likeness (QED) is 0.175. The van der Waals surface area contributed by atoms with Crippen LogP contribution in [0.5, 0.6) is 0 Å². The summed E-state index contributed by atoms with van der Waals surface area (Å²) in [7, 11) is 0. The molecule has 0 fully saturated rings. The van der Waals surface area contributed by atoms with Crippen LogP contribution in [0, 0.1) is 0 Å². The van der Waals surface area contributed by atoms with Crippen molar-refractivity contribution in [3.05, 3.63) is 182 Å². The van der Waals surface area contributed by atoms with Crippen molar-refractivity contribution in [2.45, 2.75) is 0 Å². The van der Waals surface area contributed by atoms with Gasteiger partial charge in [-0.05, 0) is 89.6 Å². The van der Waals surface area contributed by atoms with Gasteiger partial charge in [-0.15, -0.1) is 0 Å². The van der Waals surface area contributed by atoms with Crippen LogP contribution in [-0.4, -0.2) is 0 Å². The van der Waals surface area contributed by atoms with Crippen molar-refractivity contribution in [1.82, 2.24) is 0 Å². The second kappa shape index (κ2) is 11.1. The summed E-state index contributed by atoms with van der Waals surface area (Å²) in [5.74, 6) is 0. The Morgan fingerprint density at radius 2 is 0.857 bits per heavy atom. The van der Waals surface area contributed by atoms with E-state index in [4.69, 9.17) is 18.1 Å².